The molecule has 2 unspecified atom stereocenters. The minimum Gasteiger partial charge on any atom is -0.356 e. The van der Waals surface area contributed by atoms with E-state index in [9.17, 15) is 67.7 Å². The first-order valence-corrected chi connectivity index (χ1v) is 31.8. The van der Waals surface area contributed by atoms with Gasteiger partial charge in [-0.05, 0) is 127 Å². The van der Waals surface area contributed by atoms with Crippen LogP contribution in [0.2, 0.25) is 0 Å². The fourth-order valence-electron chi connectivity index (χ4n) is 10.7. The zero-order chi connectivity index (χ0) is 58.5. The molecule has 2 atom stereocenters. The Kier molecular flexibility index (Phi) is 21.7. The Hall–Kier alpha value is -6.12. The molecule has 6 N–H and O–H groups in total. The van der Waals surface area contributed by atoms with Gasteiger partial charge < -0.3 is 25.7 Å². The van der Waals surface area contributed by atoms with Crippen LogP contribution in [0.4, 0.5) is 11.4 Å². The Labute approximate surface area is 468 Å². The van der Waals surface area contributed by atoms with Gasteiger partial charge in [0.2, 0.25) is 23.4 Å². The summed E-state index contributed by atoms with van der Waals surface area (Å²) in [5.74, 6) is -3.22. The molecule has 2 aromatic rings. The number of hydrogen-bond donors (Lipinski definition) is 6. The summed E-state index contributed by atoms with van der Waals surface area (Å²) >= 11 is 0. The number of carbonyl (C=O) groups excluding carboxylic acids is 6. The lowest BCUT2D eigenvalue weighted by Crippen LogP contribution is -2.47. The molecule has 22 nitrogen and oxygen atoms in total. The zero-order valence-electron chi connectivity index (χ0n) is 45.6. The molecule has 80 heavy (non-hydrogen) atoms. The summed E-state index contributed by atoms with van der Waals surface area (Å²) in [6, 6.07) is 7.85. The second kappa shape index (κ2) is 27.6. The van der Waals surface area contributed by atoms with Crippen LogP contribution in [0, 0.1) is 0 Å². The van der Waals surface area contributed by atoms with Crippen molar-refractivity contribution in [2.45, 2.75) is 169 Å². The Morgan fingerprint density at radius 3 is 2.09 bits per heavy atom. The molecule has 5 amide bonds. The number of carbonyl (C=O) groups is 6. The van der Waals surface area contributed by atoms with Gasteiger partial charge in [-0.3, -0.25) is 37.6 Å². The topological polar surface area (TPSA) is 320 Å². The summed E-state index contributed by atoms with van der Waals surface area (Å²) in [5.41, 5.74) is 2.44. The van der Waals surface area contributed by atoms with E-state index in [1.165, 1.54) is 24.3 Å². The standard InChI is InChI=1S/C55H74N6O16S3/c1-54(2)41-37-39(79(71,72)73)25-27-44(41)59-34-17-7-11-23-49(63)58-43(53(67)57-33-15-6-12-24-52(66)77-61-50(64)29-30-51(61)65)19-13-16-32-56-48(62)22-10-5-14-31-55(3)42-38-40(80(74,75)76)26-28-45(42)60(35-18-36-78(68,69)70)47(55)21-9-4-8-20-46(54)59/h4,8-9,20-21,25-28,37-38,43H,5-7,10-19,22-24,29-36H2,1-3H3,(H5-,56,57,58,62,63,67,68,69,70,71,72,73,74,75,76)/p+1. The van der Waals surface area contributed by atoms with E-state index in [2.05, 4.69) is 20.5 Å². The quantitative estimate of drug-likeness (QED) is 0.0532. The maximum atomic E-state index is 13.5. The predicted molar refractivity (Wildman–Crippen MR) is 296 cm³/mol. The molecule has 438 valence electrons. The van der Waals surface area contributed by atoms with Crippen LogP contribution in [0.5, 0.6) is 0 Å². The maximum absolute atomic E-state index is 13.5. The van der Waals surface area contributed by atoms with Crippen molar-refractivity contribution in [3.05, 3.63) is 83.6 Å². The molecule has 0 saturated carbocycles. The van der Waals surface area contributed by atoms with Gasteiger partial charge in [0.25, 0.3) is 42.2 Å². The third-order valence-corrected chi connectivity index (χ3v) is 17.5. The fraction of sp³-hybridized carbons (Fsp3) is 0.545. The Bertz CT molecular complexity index is 3140. The monoisotopic (exact) mass is 1170 g/mol. The summed E-state index contributed by atoms with van der Waals surface area (Å²) < 4.78 is 105. The Morgan fingerprint density at radius 1 is 0.738 bits per heavy atom. The molecule has 4 heterocycles. The van der Waals surface area contributed by atoms with Crippen molar-refractivity contribution < 1.29 is 77.1 Å². The van der Waals surface area contributed by atoms with Crippen LogP contribution in [-0.2, 0) is 74.8 Å². The van der Waals surface area contributed by atoms with E-state index in [0.29, 0.717) is 124 Å². The minimum atomic E-state index is -4.63. The van der Waals surface area contributed by atoms with E-state index in [0.717, 1.165) is 11.4 Å². The summed E-state index contributed by atoms with van der Waals surface area (Å²) in [6.45, 7) is 7.01. The number of anilines is 1. The van der Waals surface area contributed by atoms with Crippen LogP contribution in [-0.4, -0.2) is 128 Å². The molecule has 4 aliphatic heterocycles. The van der Waals surface area contributed by atoms with Gasteiger partial charge in [0.15, 0.2) is 5.71 Å². The van der Waals surface area contributed by atoms with Crippen molar-refractivity contribution in [1.82, 2.24) is 21.0 Å². The van der Waals surface area contributed by atoms with E-state index >= 15 is 0 Å². The highest BCUT2D eigenvalue weighted by Crippen LogP contribution is 2.51. The number of rotatable bonds is 14. The van der Waals surface area contributed by atoms with Gasteiger partial charge in [-0.2, -0.15) is 29.8 Å². The van der Waals surface area contributed by atoms with E-state index in [1.807, 2.05) is 43.9 Å². The molecule has 0 aliphatic carbocycles. The highest BCUT2D eigenvalue weighted by molar-refractivity contribution is 7.86. The SMILES string of the molecule is CC1(C)C2=[N+](CCCCCC(=O)NC(C(=O)NCCCCCC(=O)ON3C(=O)CCC3=O)CCCCNC(=O)CCCCCC3(C)/C(=C/C=C/C=C2)N(CCCS(=O)(=O)O)c2ccc(S(=O)(=O)O)cc23)c2ccc(S(=O)(=O)O)cc21. The second-order valence-electron chi connectivity index (χ2n) is 21.4. The normalized spacial score (nSPS) is 22.4. The average molecular weight is 1170 g/mol. The summed E-state index contributed by atoms with van der Waals surface area (Å²) in [4.78, 5) is 81.9. The van der Waals surface area contributed by atoms with Crippen LogP contribution in [0.1, 0.15) is 154 Å². The molecule has 25 heteroatoms. The van der Waals surface area contributed by atoms with Crippen molar-refractivity contribution in [2.75, 3.05) is 36.8 Å². The van der Waals surface area contributed by atoms with Crippen molar-refractivity contribution in [1.29, 1.82) is 0 Å². The highest BCUT2D eigenvalue weighted by atomic mass is 32.2. The summed E-state index contributed by atoms with van der Waals surface area (Å²) in [5, 5.41) is 9.21. The predicted octanol–water partition coefficient (Wildman–Crippen LogP) is 6.19. The number of imide groups is 1. The first-order valence-electron chi connectivity index (χ1n) is 27.3. The molecule has 0 spiro atoms. The van der Waals surface area contributed by atoms with Gasteiger partial charge in [0, 0.05) is 92.7 Å². The van der Waals surface area contributed by atoms with Gasteiger partial charge in [-0.15, -0.1) is 5.06 Å². The van der Waals surface area contributed by atoms with Crippen molar-refractivity contribution >= 4 is 82.9 Å². The third kappa shape index (κ3) is 17.0. The first-order chi connectivity index (χ1) is 37.7. The molecule has 2 aromatic carbocycles. The van der Waals surface area contributed by atoms with Crippen molar-refractivity contribution in [2.24, 2.45) is 0 Å². The van der Waals surface area contributed by atoms with Crippen LogP contribution in [0.15, 0.2) is 82.3 Å². The van der Waals surface area contributed by atoms with Gasteiger partial charge in [0.05, 0.1) is 21.0 Å². The molecule has 0 bridgehead atoms. The molecular weight excluding hydrogens is 1100 g/mol. The van der Waals surface area contributed by atoms with Crippen LogP contribution < -0.4 is 20.9 Å². The number of benzene rings is 2. The molecular formula is C55H75N6O16S3+. The Morgan fingerprint density at radius 2 is 1.40 bits per heavy atom. The lowest BCUT2D eigenvalue weighted by molar-refractivity contribution is -0.438. The zero-order valence-corrected chi connectivity index (χ0v) is 48.1. The lowest BCUT2D eigenvalue weighted by atomic mass is 9.77. The number of nitrogens with one attached hydrogen (secondary N) is 3. The van der Waals surface area contributed by atoms with Gasteiger partial charge >= 0.3 is 5.97 Å². The Balaban J connectivity index is 1.21. The number of allylic oxidation sites excluding steroid dienone is 6. The second-order valence-corrected chi connectivity index (χ2v) is 25.8. The number of hydrogen-bond acceptors (Lipinski definition) is 14. The molecule has 1 saturated heterocycles. The van der Waals surface area contributed by atoms with Gasteiger partial charge in [-0.25, -0.2) is 4.79 Å². The van der Waals surface area contributed by atoms with Crippen molar-refractivity contribution in [3.8, 4) is 0 Å². The van der Waals surface area contributed by atoms with E-state index in [1.54, 1.807) is 24.3 Å². The number of unbranched alkanes of at least 4 members (excludes halogenated alkanes) is 2. The fourth-order valence-corrected chi connectivity index (χ4v) is 12.2. The summed E-state index contributed by atoms with van der Waals surface area (Å²) in [6.07, 6.45) is 16.1. The van der Waals surface area contributed by atoms with Crippen LogP contribution >= 0.6 is 0 Å². The lowest BCUT2D eigenvalue weighted by Gasteiger charge is -2.30. The maximum Gasteiger partial charge on any atom is 0.333 e. The molecule has 4 aliphatic rings. The molecule has 0 aromatic heterocycles. The number of fused-ring (bicyclic) bond motifs is 5. The first kappa shape index (κ1) is 63.1. The van der Waals surface area contributed by atoms with Gasteiger partial charge in [0.1, 0.15) is 12.6 Å². The number of amides is 5. The highest BCUT2D eigenvalue weighted by Gasteiger charge is 2.46. The van der Waals surface area contributed by atoms with E-state index in [4.69, 9.17) is 4.84 Å². The molecule has 1 fully saturated rings. The number of nitrogens with zero attached hydrogens (tertiary/aromatic N) is 3. The average Bonchev–Trinajstić information content (AvgIpc) is 3.90. The third-order valence-electron chi connectivity index (χ3n) is 15.0. The van der Waals surface area contributed by atoms with Crippen LogP contribution in [0.3, 0.4) is 0 Å². The van der Waals surface area contributed by atoms with Gasteiger partial charge in [-0.1, -0.05) is 37.5 Å². The van der Waals surface area contributed by atoms with E-state index < -0.39 is 70.8 Å². The molecule has 0 radical (unpaired) electrons. The van der Waals surface area contributed by atoms with E-state index in [-0.39, 0.29) is 79.1 Å². The number of hydroxylamine groups is 2. The minimum absolute atomic E-state index is 0.00637. The van der Waals surface area contributed by atoms with Crippen LogP contribution in [0.25, 0.3) is 0 Å². The smallest absolute Gasteiger partial charge is 0.333 e. The largest absolute Gasteiger partial charge is 0.356 e. The van der Waals surface area contributed by atoms with Crippen molar-refractivity contribution in [3.63, 3.8) is 0 Å². The molecule has 6 rings (SSSR count). The summed E-state index contributed by atoms with van der Waals surface area (Å²) in [7, 11) is -13.5.